The van der Waals surface area contributed by atoms with Crippen molar-refractivity contribution in [1.82, 2.24) is 4.90 Å². The topological polar surface area (TPSA) is 264 Å². The van der Waals surface area contributed by atoms with Crippen LogP contribution in [0.1, 0.15) is 132 Å². The van der Waals surface area contributed by atoms with E-state index in [0.717, 1.165) is 10.5 Å². The van der Waals surface area contributed by atoms with Crippen molar-refractivity contribution in [3.63, 3.8) is 0 Å². The minimum atomic E-state index is -2.48. The molecule has 6 N–H and O–H groups in total. The van der Waals surface area contributed by atoms with Gasteiger partial charge in [-0.25, -0.2) is 4.79 Å². The Bertz CT molecular complexity index is 2010. The van der Waals surface area contributed by atoms with Gasteiger partial charge in [-0.05, 0) is 114 Å². The van der Waals surface area contributed by atoms with Crippen LogP contribution in [0.15, 0.2) is 47.6 Å². The zero-order chi connectivity index (χ0) is 54.4. The maximum absolute atomic E-state index is 14.5. The lowest BCUT2D eigenvalue weighted by Gasteiger charge is -2.42. The van der Waals surface area contributed by atoms with E-state index in [2.05, 4.69) is 0 Å². The predicted octanol–water partition coefficient (Wildman–Crippen LogP) is 4.91. The van der Waals surface area contributed by atoms with E-state index in [1.54, 1.807) is 40.9 Å². The van der Waals surface area contributed by atoms with Gasteiger partial charge in [0.25, 0.3) is 11.7 Å². The molecule has 0 aromatic heterocycles. The Morgan fingerprint density at radius 3 is 2.23 bits per heavy atom. The minimum absolute atomic E-state index is 0.0282. The molecule has 73 heavy (non-hydrogen) atoms. The highest BCUT2D eigenvalue weighted by molar-refractivity contribution is 6.39. The summed E-state index contributed by atoms with van der Waals surface area (Å²) in [6.07, 6.45) is 10.9. The van der Waals surface area contributed by atoms with Gasteiger partial charge < -0.3 is 54.5 Å². The number of piperidine rings is 1. The number of amides is 1. The van der Waals surface area contributed by atoms with Crippen molar-refractivity contribution in [1.29, 1.82) is 0 Å². The zero-order valence-corrected chi connectivity index (χ0v) is 44.8. The van der Waals surface area contributed by atoms with Gasteiger partial charge in [-0.3, -0.25) is 24.0 Å². The summed E-state index contributed by atoms with van der Waals surface area (Å²) in [5.41, 5.74) is -0.367. The molecular weight excluding hydrogens is 943 g/mol. The average Bonchev–Trinajstić information content (AvgIpc) is 3.37. The molecule has 3 fully saturated rings. The Hall–Kier alpha value is -3.94. The summed E-state index contributed by atoms with van der Waals surface area (Å²) in [6.45, 7) is 11.5. The molecule has 0 aromatic carbocycles. The number of hydrogen-bond acceptors (Lipinski definition) is 16. The van der Waals surface area contributed by atoms with Gasteiger partial charge >= 0.3 is 11.9 Å². The molecule has 412 valence electrons. The van der Waals surface area contributed by atoms with Gasteiger partial charge in [-0.1, -0.05) is 71.1 Å². The minimum Gasteiger partial charge on any atom is -0.461 e. The molecule has 2 bridgehead atoms. The number of cyclic esters (lactones) is 1. The first kappa shape index (κ1) is 61.6. The summed E-state index contributed by atoms with van der Waals surface area (Å²) in [7, 11) is 1.55. The molecule has 3 aliphatic heterocycles. The van der Waals surface area contributed by atoms with Crippen LogP contribution in [0.3, 0.4) is 0 Å². The fourth-order valence-electron chi connectivity index (χ4n) is 10.9. The monoisotopic (exact) mass is 1030 g/mol. The third-order valence-electron chi connectivity index (χ3n) is 16.1. The number of Topliss-reactive ketones (excluding diaryl/α,β-unsaturated/α-hetero) is 3. The number of ether oxygens (including phenoxy) is 4. The molecule has 17 nitrogen and oxygen atoms in total. The lowest BCUT2D eigenvalue weighted by Crippen LogP contribution is -2.61. The van der Waals surface area contributed by atoms with E-state index in [0.29, 0.717) is 63.4 Å². The normalized spacial score (nSPS) is 37.4. The highest BCUT2D eigenvalue weighted by Crippen LogP contribution is 2.39. The summed E-state index contributed by atoms with van der Waals surface area (Å²) in [5.74, 6) is -11.4. The molecule has 1 unspecified atom stereocenters. The van der Waals surface area contributed by atoms with Crippen LogP contribution in [-0.4, -0.2) is 153 Å². The third kappa shape index (κ3) is 16.0. The molecule has 3 heterocycles. The van der Waals surface area contributed by atoms with Crippen LogP contribution in [0.4, 0.5) is 0 Å². The average molecular weight is 1030 g/mol. The first-order valence-electron chi connectivity index (χ1n) is 26.6. The van der Waals surface area contributed by atoms with Crippen molar-refractivity contribution in [3.05, 3.63) is 47.6 Å². The number of aliphatic hydroxyl groups is 6. The van der Waals surface area contributed by atoms with Crippen molar-refractivity contribution < 1.29 is 78.4 Å². The van der Waals surface area contributed by atoms with Gasteiger partial charge in [0.15, 0.2) is 0 Å². The number of allylic oxidation sites excluding steroid dienone is 6. The Kier molecular flexibility index (Phi) is 23.9. The molecule has 0 spiro atoms. The number of aliphatic hydroxyl groups excluding tert-OH is 5. The van der Waals surface area contributed by atoms with Crippen molar-refractivity contribution in [2.24, 2.45) is 52.8 Å². The zero-order valence-electron chi connectivity index (χ0n) is 44.8. The second kappa shape index (κ2) is 28.3. The molecular formula is C56H87NO16. The maximum atomic E-state index is 14.5. The van der Waals surface area contributed by atoms with Crippen molar-refractivity contribution in [2.45, 2.75) is 175 Å². The summed E-state index contributed by atoms with van der Waals surface area (Å²) in [4.78, 5) is 85.2. The van der Waals surface area contributed by atoms with Crippen molar-refractivity contribution in [2.75, 3.05) is 40.1 Å². The first-order chi connectivity index (χ1) is 34.5. The molecule has 2 saturated heterocycles. The number of hydrogen-bond donors (Lipinski definition) is 6. The summed E-state index contributed by atoms with van der Waals surface area (Å²) < 4.78 is 24.0. The van der Waals surface area contributed by atoms with Crippen LogP contribution in [0.5, 0.6) is 0 Å². The largest absolute Gasteiger partial charge is 0.461 e. The van der Waals surface area contributed by atoms with Crippen LogP contribution in [-0.2, 0) is 47.7 Å². The third-order valence-corrected chi connectivity index (χ3v) is 16.1. The number of fused-ring (bicyclic) bond motifs is 3. The predicted molar refractivity (Wildman–Crippen MR) is 271 cm³/mol. The Morgan fingerprint density at radius 1 is 0.890 bits per heavy atom. The van der Waals surface area contributed by atoms with E-state index in [4.69, 9.17) is 18.9 Å². The number of esters is 2. The standard InChI is InChI=1S/C56H87NO16/c1-33-15-11-10-12-16-34(2)47(70-9)27-42-20-18-39(7)56(69,73-42)51(65)52(66)57-22-14-13-17-44(57)53(67)71-48(28-45(62)35(3)24-38(6)50(64)43(30-59)49(63)37(5)23-33)36(4)25-40-19-21-46(41(26-40)29-58)72-54(68)55(8,31-60)32-61/h10-12,15-16,24,33,35-37,39-44,46-48,50,58-61,64,69H,13-14,17-23,25-32H2,1-9H3/b12-10+,15-11+,34-16+,38-24+/t33-,35-,36-,37-,39-,40?,41+,42+,43+,44+,46-,47+,48+,50-,56-/m1/s1. The second-order valence-corrected chi connectivity index (χ2v) is 22.1. The number of carbonyl (C=O) groups excluding carboxylic acids is 6. The van der Waals surface area contributed by atoms with Crippen LogP contribution >= 0.6 is 0 Å². The Balaban J connectivity index is 1.69. The number of nitrogens with zero attached hydrogens (tertiary/aromatic N) is 1. The van der Waals surface area contributed by atoms with Crippen molar-refractivity contribution in [3.8, 4) is 0 Å². The number of carbonyl (C=O) groups is 6. The molecule has 17 heteroatoms. The molecule has 4 aliphatic rings. The van der Waals surface area contributed by atoms with Crippen LogP contribution in [0, 0.1) is 52.8 Å². The fourth-order valence-corrected chi connectivity index (χ4v) is 10.9. The lowest BCUT2D eigenvalue weighted by atomic mass is 9.75. The van der Waals surface area contributed by atoms with E-state index in [1.807, 2.05) is 51.2 Å². The van der Waals surface area contributed by atoms with Crippen LogP contribution < -0.4 is 0 Å². The van der Waals surface area contributed by atoms with Crippen molar-refractivity contribution >= 4 is 35.2 Å². The van der Waals surface area contributed by atoms with Gasteiger partial charge in [-0.15, -0.1) is 0 Å². The van der Waals surface area contributed by atoms with Gasteiger partial charge in [0.05, 0.1) is 44.1 Å². The van der Waals surface area contributed by atoms with E-state index in [9.17, 15) is 59.4 Å². The van der Waals surface area contributed by atoms with Gasteiger partial charge in [0.2, 0.25) is 5.79 Å². The number of ketones is 3. The SMILES string of the molecule is CO[C@H]1C[C@@H]2CC[C@@H](C)[C@@](O)(O2)C(=O)C(=O)N2CCCC[C@H]2C(=O)O[C@H]([C@H](C)CC2CC[C@@H](OC(=O)C(C)(CO)CO)[C@H](CO)C2)CC(=O)[C@H](C)/C=C(\C)[C@@H](O)[C@@H](CO)C(=O)[C@H](C)C[C@H](C)/C=C/C=C/C=C/1C. The molecule has 1 aliphatic carbocycles. The number of rotatable bonds is 10. The molecule has 1 amide bonds. The van der Waals surface area contributed by atoms with Crippen LogP contribution in [0.25, 0.3) is 0 Å². The number of methoxy groups -OCH3 is 1. The highest BCUT2D eigenvalue weighted by Gasteiger charge is 2.53. The molecule has 0 aromatic rings. The fraction of sp³-hybridized carbons (Fsp3) is 0.750. The van der Waals surface area contributed by atoms with E-state index < -0.39 is 127 Å². The Labute approximate surface area is 432 Å². The lowest BCUT2D eigenvalue weighted by molar-refractivity contribution is -0.265. The quantitative estimate of drug-likeness (QED) is 0.0965. The molecule has 15 atom stereocenters. The maximum Gasteiger partial charge on any atom is 0.329 e. The summed E-state index contributed by atoms with van der Waals surface area (Å²) in [6, 6.07) is -1.22. The second-order valence-electron chi connectivity index (χ2n) is 22.1. The van der Waals surface area contributed by atoms with Gasteiger partial charge in [0, 0.05) is 56.8 Å². The Morgan fingerprint density at radius 2 is 1.59 bits per heavy atom. The van der Waals surface area contributed by atoms with E-state index >= 15 is 0 Å². The van der Waals surface area contributed by atoms with Gasteiger partial charge in [0.1, 0.15) is 35.2 Å². The van der Waals surface area contributed by atoms with Crippen LogP contribution in [0.2, 0.25) is 0 Å². The molecule has 0 radical (unpaired) electrons. The summed E-state index contributed by atoms with van der Waals surface area (Å²) in [5, 5.41) is 63.8. The molecule has 4 rings (SSSR count). The highest BCUT2D eigenvalue weighted by atomic mass is 16.6. The smallest absolute Gasteiger partial charge is 0.329 e. The summed E-state index contributed by atoms with van der Waals surface area (Å²) >= 11 is 0. The first-order valence-corrected chi connectivity index (χ1v) is 26.6. The van der Waals surface area contributed by atoms with Gasteiger partial charge in [-0.2, -0.15) is 0 Å². The van der Waals surface area contributed by atoms with E-state index in [1.165, 1.54) is 6.92 Å². The van der Waals surface area contributed by atoms with E-state index in [-0.39, 0.29) is 55.8 Å². The molecule has 1 saturated carbocycles.